The molecule has 13 heavy (non-hydrogen) atoms. The van der Waals surface area contributed by atoms with Crippen molar-refractivity contribution in [3.8, 4) is 5.75 Å². The Morgan fingerprint density at radius 2 is 2.23 bits per heavy atom. The molecule has 0 radical (unpaired) electrons. The van der Waals surface area contributed by atoms with Crippen molar-refractivity contribution in [2.75, 3.05) is 11.1 Å². The van der Waals surface area contributed by atoms with Crippen LogP contribution in [0.2, 0.25) is 5.02 Å². The van der Waals surface area contributed by atoms with Crippen molar-refractivity contribution in [3.63, 3.8) is 0 Å². The number of amides is 1. The van der Waals surface area contributed by atoms with Gasteiger partial charge in [-0.1, -0.05) is 11.6 Å². The molecule has 70 valence electrons. The highest BCUT2D eigenvalue weighted by Gasteiger charge is 2.06. The fourth-order valence-corrected chi connectivity index (χ4v) is 1.08. The number of carbonyl (C=O) groups excluding carboxylic acids is 1. The summed E-state index contributed by atoms with van der Waals surface area (Å²) in [5, 5.41) is 12.0. The standard InChI is InChI=1S/C8H9ClN2O2/c1-4(12)11-7-3-8(13)6(10)2-5(7)9/h2-3,13H,10H2,1H3,(H,11,12). The van der Waals surface area contributed by atoms with Gasteiger partial charge in [0.15, 0.2) is 0 Å². The van der Waals surface area contributed by atoms with Crippen LogP contribution in [0.5, 0.6) is 5.75 Å². The maximum absolute atomic E-state index is 10.7. The molecule has 1 amide bonds. The van der Waals surface area contributed by atoms with E-state index in [0.717, 1.165) is 0 Å². The minimum Gasteiger partial charge on any atom is -0.506 e. The number of halogens is 1. The maximum Gasteiger partial charge on any atom is 0.221 e. The molecule has 0 saturated carbocycles. The highest BCUT2D eigenvalue weighted by molar-refractivity contribution is 6.34. The summed E-state index contributed by atoms with van der Waals surface area (Å²) < 4.78 is 0. The summed E-state index contributed by atoms with van der Waals surface area (Å²) in [6.07, 6.45) is 0. The quantitative estimate of drug-likeness (QED) is 0.476. The number of hydrogen-bond acceptors (Lipinski definition) is 3. The van der Waals surface area contributed by atoms with Gasteiger partial charge in [-0.3, -0.25) is 4.79 Å². The van der Waals surface area contributed by atoms with E-state index in [2.05, 4.69) is 5.32 Å². The average molecular weight is 201 g/mol. The summed E-state index contributed by atoms with van der Waals surface area (Å²) in [7, 11) is 0. The first-order valence-corrected chi connectivity index (χ1v) is 3.94. The Hall–Kier alpha value is -1.42. The van der Waals surface area contributed by atoms with Gasteiger partial charge in [0.2, 0.25) is 5.91 Å². The molecule has 0 aromatic heterocycles. The number of anilines is 2. The van der Waals surface area contributed by atoms with E-state index in [4.69, 9.17) is 17.3 Å². The van der Waals surface area contributed by atoms with Gasteiger partial charge in [0.1, 0.15) is 5.75 Å². The normalized spacial score (nSPS) is 9.69. The van der Waals surface area contributed by atoms with Crippen LogP contribution in [-0.4, -0.2) is 11.0 Å². The molecule has 1 aromatic carbocycles. The molecule has 0 unspecified atom stereocenters. The largest absolute Gasteiger partial charge is 0.506 e. The number of carbonyl (C=O) groups is 1. The van der Waals surface area contributed by atoms with E-state index in [0.29, 0.717) is 10.7 Å². The van der Waals surface area contributed by atoms with Crippen molar-refractivity contribution in [2.45, 2.75) is 6.92 Å². The van der Waals surface area contributed by atoms with Gasteiger partial charge < -0.3 is 16.2 Å². The van der Waals surface area contributed by atoms with Crippen LogP contribution in [0.15, 0.2) is 12.1 Å². The number of nitrogens with one attached hydrogen (secondary N) is 1. The fourth-order valence-electron chi connectivity index (χ4n) is 0.863. The van der Waals surface area contributed by atoms with Crippen LogP contribution < -0.4 is 11.1 Å². The number of aromatic hydroxyl groups is 1. The van der Waals surface area contributed by atoms with E-state index < -0.39 is 0 Å². The zero-order valence-electron chi connectivity index (χ0n) is 6.97. The van der Waals surface area contributed by atoms with Gasteiger partial charge >= 0.3 is 0 Å². The van der Waals surface area contributed by atoms with Gasteiger partial charge in [-0.2, -0.15) is 0 Å². The third-order valence-electron chi connectivity index (χ3n) is 1.43. The van der Waals surface area contributed by atoms with Gasteiger partial charge in [-0.25, -0.2) is 0 Å². The Balaban J connectivity index is 3.08. The summed E-state index contributed by atoms with van der Waals surface area (Å²) in [4.78, 5) is 10.7. The number of nitrogens with two attached hydrogens (primary N) is 1. The zero-order chi connectivity index (χ0) is 10.0. The second kappa shape index (κ2) is 3.53. The molecule has 0 fully saturated rings. The van der Waals surface area contributed by atoms with Crippen LogP contribution in [0.1, 0.15) is 6.92 Å². The molecular weight excluding hydrogens is 192 g/mol. The Bertz CT molecular complexity index is 352. The van der Waals surface area contributed by atoms with Crippen LogP contribution in [0, 0.1) is 0 Å². The van der Waals surface area contributed by atoms with Gasteiger partial charge in [0.05, 0.1) is 16.4 Å². The lowest BCUT2D eigenvalue weighted by atomic mass is 10.2. The van der Waals surface area contributed by atoms with Crippen molar-refractivity contribution in [2.24, 2.45) is 0 Å². The first-order valence-electron chi connectivity index (χ1n) is 3.56. The van der Waals surface area contributed by atoms with Crippen LogP contribution >= 0.6 is 11.6 Å². The molecule has 0 aliphatic carbocycles. The molecule has 0 atom stereocenters. The van der Waals surface area contributed by atoms with Gasteiger partial charge in [0.25, 0.3) is 0 Å². The Morgan fingerprint density at radius 3 is 2.77 bits per heavy atom. The van der Waals surface area contributed by atoms with Crippen LogP contribution in [-0.2, 0) is 4.79 Å². The number of hydrogen-bond donors (Lipinski definition) is 3. The van der Waals surface area contributed by atoms with E-state index in [9.17, 15) is 9.90 Å². The van der Waals surface area contributed by atoms with Crippen molar-refractivity contribution in [1.29, 1.82) is 0 Å². The molecule has 0 aliphatic heterocycles. The monoisotopic (exact) mass is 200 g/mol. The molecule has 0 aliphatic rings. The second-order valence-corrected chi connectivity index (χ2v) is 2.98. The Kier molecular flexibility index (Phi) is 2.63. The van der Waals surface area contributed by atoms with Crippen LogP contribution in [0.3, 0.4) is 0 Å². The third kappa shape index (κ3) is 2.26. The number of rotatable bonds is 1. The fraction of sp³-hybridized carbons (Fsp3) is 0.125. The minimum atomic E-state index is -0.258. The highest BCUT2D eigenvalue weighted by atomic mass is 35.5. The van der Waals surface area contributed by atoms with E-state index >= 15 is 0 Å². The summed E-state index contributed by atoms with van der Waals surface area (Å²) in [6.45, 7) is 1.35. The van der Waals surface area contributed by atoms with E-state index in [-0.39, 0.29) is 17.3 Å². The van der Waals surface area contributed by atoms with E-state index in [1.807, 2.05) is 0 Å². The molecule has 1 aromatic rings. The van der Waals surface area contributed by atoms with Crippen LogP contribution in [0.4, 0.5) is 11.4 Å². The second-order valence-electron chi connectivity index (χ2n) is 2.57. The van der Waals surface area contributed by atoms with Gasteiger partial charge in [0, 0.05) is 13.0 Å². The van der Waals surface area contributed by atoms with Gasteiger partial charge in [-0.15, -0.1) is 0 Å². The first-order chi connectivity index (χ1) is 6.00. The lowest BCUT2D eigenvalue weighted by Gasteiger charge is -2.06. The maximum atomic E-state index is 10.7. The van der Waals surface area contributed by atoms with Crippen molar-refractivity contribution >= 4 is 28.9 Å². The summed E-state index contributed by atoms with van der Waals surface area (Å²) in [6, 6.07) is 2.68. The molecule has 5 heteroatoms. The van der Waals surface area contributed by atoms with Crippen molar-refractivity contribution in [1.82, 2.24) is 0 Å². The average Bonchev–Trinajstić information content (AvgIpc) is 1.99. The molecule has 4 nitrogen and oxygen atoms in total. The lowest BCUT2D eigenvalue weighted by Crippen LogP contribution is -2.06. The van der Waals surface area contributed by atoms with Crippen molar-refractivity contribution in [3.05, 3.63) is 17.2 Å². The highest BCUT2D eigenvalue weighted by Crippen LogP contribution is 2.31. The lowest BCUT2D eigenvalue weighted by molar-refractivity contribution is -0.114. The number of nitrogen functional groups attached to an aromatic ring is 1. The summed E-state index contributed by atoms with van der Waals surface area (Å²) in [5.74, 6) is -0.362. The summed E-state index contributed by atoms with van der Waals surface area (Å²) in [5.41, 5.74) is 5.90. The number of phenolic OH excluding ortho intramolecular Hbond substituents is 1. The zero-order valence-corrected chi connectivity index (χ0v) is 7.72. The predicted octanol–water partition coefficient (Wildman–Crippen LogP) is 1.59. The smallest absolute Gasteiger partial charge is 0.221 e. The molecule has 0 saturated heterocycles. The van der Waals surface area contributed by atoms with Gasteiger partial charge in [-0.05, 0) is 6.07 Å². The van der Waals surface area contributed by atoms with E-state index in [1.165, 1.54) is 19.1 Å². The first kappa shape index (κ1) is 9.67. The SMILES string of the molecule is CC(=O)Nc1cc(O)c(N)cc1Cl. The van der Waals surface area contributed by atoms with E-state index in [1.54, 1.807) is 0 Å². The number of benzene rings is 1. The minimum absolute atomic E-state index is 0.104. The molecular formula is C8H9ClN2O2. The third-order valence-corrected chi connectivity index (χ3v) is 1.74. The Morgan fingerprint density at radius 1 is 1.62 bits per heavy atom. The van der Waals surface area contributed by atoms with Crippen LogP contribution in [0.25, 0.3) is 0 Å². The predicted molar refractivity (Wildman–Crippen MR) is 51.8 cm³/mol. The topological polar surface area (TPSA) is 75.3 Å². The number of phenols is 1. The molecule has 4 N–H and O–H groups in total. The molecule has 0 bridgehead atoms. The summed E-state index contributed by atoms with van der Waals surface area (Å²) >= 11 is 5.74. The molecule has 0 spiro atoms. The van der Waals surface area contributed by atoms with Crippen molar-refractivity contribution < 1.29 is 9.90 Å². The molecule has 0 heterocycles. The Labute approximate surface area is 80.3 Å². The molecule has 1 rings (SSSR count).